The monoisotopic (exact) mass is 249 g/mol. The van der Waals surface area contributed by atoms with Crippen molar-refractivity contribution in [2.45, 2.75) is 57.7 Å². The van der Waals surface area contributed by atoms with E-state index in [4.69, 9.17) is 0 Å². The highest BCUT2D eigenvalue weighted by molar-refractivity contribution is 7.92. The average Bonchev–Trinajstić information content (AvgIpc) is 2.09. The molecule has 0 aromatic carbocycles. The molecule has 0 saturated heterocycles. The number of nitrogens with one attached hydrogen (secondary N) is 1. The summed E-state index contributed by atoms with van der Waals surface area (Å²) >= 11 is 0. The number of rotatable bonds is 7. The molecule has 1 N–H and O–H groups in total. The Bertz CT molecular complexity index is 294. The fourth-order valence-electron chi connectivity index (χ4n) is 1.83. The summed E-state index contributed by atoms with van der Waals surface area (Å²) in [6.45, 7) is 7.99. The Morgan fingerprint density at radius 1 is 1.19 bits per heavy atom. The second-order valence-corrected chi connectivity index (χ2v) is 8.14. The topological polar surface area (TPSA) is 46.2 Å². The zero-order valence-electron chi connectivity index (χ0n) is 11.5. The molecule has 0 aromatic rings. The van der Waals surface area contributed by atoms with Gasteiger partial charge < -0.3 is 5.32 Å². The second kappa shape index (κ2) is 6.01. The van der Waals surface area contributed by atoms with Crippen LogP contribution in [0.25, 0.3) is 0 Å². The van der Waals surface area contributed by atoms with Gasteiger partial charge in [0, 0.05) is 12.3 Å². The third kappa shape index (κ3) is 4.42. The van der Waals surface area contributed by atoms with Gasteiger partial charge in [0.05, 0.1) is 4.75 Å². The van der Waals surface area contributed by atoms with Gasteiger partial charge in [-0.3, -0.25) is 0 Å². The van der Waals surface area contributed by atoms with Gasteiger partial charge in [-0.05, 0) is 33.2 Å². The minimum absolute atomic E-state index is 0.0289. The molecule has 0 amide bonds. The van der Waals surface area contributed by atoms with Crippen LogP contribution in [0.1, 0.15) is 47.0 Å². The zero-order valence-corrected chi connectivity index (χ0v) is 12.3. The summed E-state index contributed by atoms with van der Waals surface area (Å²) in [5.74, 6) is 0.679. The van der Waals surface area contributed by atoms with E-state index in [9.17, 15) is 8.42 Å². The predicted molar refractivity (Wildman–Crippen MR) is 70.5 cm³/mol. The molecule has 0 radical (unpaired) electrons. The van der Waals surface area contributed by atoms with Crippen molar-refractivity contribution in [2.75, 3.05) is 13.3 Å². The molecule has 16 heavy (non-hydrogen) atoms. The van der Waals surface area contributed by atoms with Crippen LogP contribution in [0, 0.1) is 5.92 Å². The van der Waals surface area contributed by atoms with Crippen molar-refractivity contribution in [3.8, 4) is 0 Å². The molecule has 0 rings (SSSR count). The molecule has 0 aromatic heterocycles. The normalized spacial score (nSPS) is 15.4. The molecule has 0 aliphatic carbocycles. The second-order valence-electron chi connectivity index (χ2n) is 5.54. The molecule has 0 spiro atoms. The molecule has 0 aliphatic rings. The molecule has 1 atom stereocenters. The fourth-order valence-corrected chi connectivity index (χ4v) is 2.58. The Morgan fingerprint density at radius 2 is 1.69 bits per heavy atom. The van der Waals surface area contributed by atoms with Crippen molar-refractivity contribution in [2.24, 2.45) is 5.92 Å². The van der Waals surface area contributed by atoms with Gasteiger partial charge in [-0.15, -0.1) is 0 Å². The van der Waals surface area contributed by atoms with E-state index in [0.29, 0.717) is 5.92 Å². The van der Waals surface area contributed by atoms with Crippen LogP contribution < -0.4 is 5.32 Å². The van der Waals surface area contributed by atoms with Crippen LogP contribution in [-0.2, 0) is 9.84 Å². The number of hydrogen-bond donors (Lipinski definition) is 1. The van der Waals surface area contributed by atoms with E-state index >= 15 is 0 Å². The van der Waals surface area contributed by atoms with E-state index in [-0.39, 0.29) is 6.04 Å². The van der Waals surface area contributed by atoms with E-state index < -0.39 is 14.6 Å². The first kappa shape index (κ1) is 15.9. The Hall–Kier alpha value is -0.0900. The third-order valence-corrected chi connectivity index (χ3v) is 5.61. The Kier molecular flexibility index (Phi) is 5.98. The number of hydrogen-bond acceptors (Lipinski definition) is 3. The lowest BCUT2D eigenvalue weighted by Gasteiger charge is -2.32. The Balaban J connectivity index is 4.50. The summed E-state index contributed by atoms with van der Waals surface area (Å²) in [6.07, 6.45) is 4.45. The molecular weight excluding hydrogens is 222 g/mol. The van der Waals surface area contributed by atoms with Crippen molar-refractivity contribution in [3.63, 3.8) is 0 Å². The predicted octanol–water partition coefficient (Wildman–Crippen LogP) is 2.22. The third-order valence-electron chi connectivity index (χ3n) is 3.42. The summed E-state index contributed by atoms with van der Waals surface area (Å²) in [7, 11) is -1.19. The molecule has 0 aliphatic heterocycles. The van der Waals surface area contributed by atoms with Crippen LogP contribution in [0.2, 0.25) is 0 Å². The molecule has 0 bridgehead atoms. The van der Waals surface area contributed by atoms with Crippen molar-refractivity contribution >= 4 is 9.84 Å². The first-order chi connectivity index (χ1) is 7.13. The van der Waals surface area contributed by atoms with Gasteiger partial charge in [0.25, 0.3) is 0 Å². The minimum Gasteiger partial charge on any atom is -0.315 e. The molecule has 0 fully saturated rings. The molecular formula is C12H27NO2S. The van der Waals surface area contributed by atoms with E-state index in [1.54, 1.807) is 13.8 Å². The van der Waals surface area contributed by atoms with Crippen LogP contribution in [0.3, 0.4) is 0 Å². The maximum Gasteiger partial charge on any atom is 0.154 e. The smallest absolute Gasteiger partial charge is 0.154 e. The molecule has 0 saturated carbocycles. The van der Waals surface area contributed by atoms with E-state index in [2.05, 4.69) is 19.2 Å². The van der Waals surface area contributed by atoms with Gasteiger partial charge in [0.1, 0.15) is 0 Å². The van der Waals surface area contributed by atoms with Crippen LogP contribution in [0.15, 0.2) is 0 Å². The first-order valence-electron chi connectivity index (χ1n) is 5.99. The Labute approximate surface area is 101 Å². The molecule has 4 heteroatoms. The molecule has 1 unspecified atom stereocenters. The minimum atomic E-state index is -3.03. The highest BCUT2D eigenvalue weighted by atomic mass is 32.2. The fraction of sp³-hybridized carbons (Fsp3) is 1.00. The molecule has 0 heterocycles. The summed E-state index contributed by atoms with van der Waals surface area (Å²) in [5, 5.41) is 3.14. The van der Waals surface area contributed by atoms with Gasteiger partial charge in [-0.1, -0.05) is 26.7 Å². The summed E-state index contributed by atoms with van der Waals surface area (Å²) < 4.78 is 22.7. The van der Waals surface area contributed by atoms with Crippen molar-refractivity contribution in [1.82, 2.24) is 5.32 Å². The van der Waals surface area contributed by atoms with Crippen LogP contribution >= 0.6 is 0 Å². The molecule has 3 nitrogen and oxygen atoms in total. The van der Waals surface area contributed by atoms with E-state index in [0.717, 1.165) is 19.3 Å². The molecule has 98 valence electrons. The van der Waals surface area contributed by atoms with Crippen LogP contribution in [0.5, 0.6) is 0 Å². The van der Waals surface area contributed by atoms with Gasteiger partial charge in [0.15, 0.2) is 9.84 Å². The van der Waals surface area contributed by atoms with Crippen molar-refractivity contribution in [3.05, 3.63) is 0 Å². The van der Waals surface area contributed by atoms with Gasteiger partial charge in [-0.25, -0.2) is 8.42 Å². The van der Waals surface area contributed by atoms with E-state index in [1.807, 2.05) is 7.05 Å². The Morgan fingerprint density at radius 3 is 2.00 bits per heavy atom. The maximum atomic E-state index is 11.7. The lowest BCUT2D eigenvalue weighted by atomic mass is 9.95. The number of sulfone groups is 1. The van der Waals surface area contributed by atoms with E-state index in [1.165, 1.54) is 6.26 Å². The maximum absolute atomic E-state index is 11.7. The van der Waals surface area contributed by atoms with Crippen molar-refractivity contribution in [1.29, 1.82) is 0 Å². The highest BCUT2D eigenvalue weighted by Gasteiger charge is 2.37. The van der Waals surface area contributed by atoms with Gasteiger partial charge in [0.2, 0.25) is 0 Å². The standard InChI is InChI=1S/C12H27NO2S/c1-10(2)8-7-9-11(13-5)12(3,4)16(6,14)15/h10-11,13H,7-9H2,1-6H3. The average molecular weight is 249 g/mol. The SMILES string of the molecule is CNC(CCCC(C)C)C(C)(C)S(C)(=O)=O. The van der Waals surface area contributed by atoms with Gasteiger partial charge >= 0.3 is 0 Å². The summed E-state index contributed by atoms with van der Waals surface area (Å²) in [4.78, 5) is 0. The van der Waals surface area contributed by atoms with Gasteiger partial charge in [-0.2, -0.15) is 0 Å². The van der Waals surface area contributed by atoms with Crippen molar-refractivity contribution < 1.29 is 8.42 Å². The highest BCUT2D eigenvalue weighted by Crippen LogP contribution is 2.24. The zero-order chi connectivity index (χ0) is 13.0. The lowest BCUT2D eigenvalue weighted by molar-refractivity contribution is 0.387. The summed E-state index contributed by atoms with van der Waals surface area (Å²) in [6, 6.07) is 0.0289. The quantitative estimate of drug-likeness (QED) is 0.752. The van der Waals surface area contributed by atoms with Crippen LogP contribution in [0.4, 0.5) is 0 Å². The lowest BCUT2D eigenvalue weighted by Crippen LogP contribution is -2.50. The largest absolute Gasteiger partial charge is 0.315 e. The van der Waals surface area contributed by atoms with Crippen LogP contribution in [-0.4, -0.2) is 32.5 Å². The first-order valence-corrected chi connectivity index (χ1v) is 7.89. The summed E-state index contributed by atoms with van der Waals surface area (Å²) in [5.41, 5.74) is 0.